The molecular weight excluding hydrogens is 360 g/mol. The number of aromatic amines is 1. The van der Waals surface area contributed by atoms with E-state index >= 15 is 0 Å². The molecule has 0 aliphatic heterocycles. The summed E-state index contributed by atoms with van der Waals surface area (Å²) in [6.45, 7) is 0.531. The van der Waals surface area contributed by atoms with Gasteiger partial charge in [0.05, 0.1) is 17.1 Å². The number of rotatable bonds is 3. The van der Waals surface area contributed by atoms with Crippen molar-refractivity contribution in [3.05, 3.63) is 55.8 Å². The highest BCUT2D eigenvalue weighted by Gasteiger charge is 2.11. The van der Waals surface area contributed by atoms with E-state index in [1.165, 1.54) is 0 Å². The summed E-state index contributed by atoms with van der Waals surface area (Å²) in [5.74, 6) is -0.137. The van der Waals surface area contributed by atoms with Gasteiger partial charge in [0, 0.05) is 14.7 Å². The SMILES string of the molecule is O=C(NCc1cccs1)c1cc2cc(Br)cc(Cl)c2[nH]1. The Bertz CT molecular complexity index is 767. The van der Waals surface area contributed by atoms with Crippen LogP contribution in [0.3, 0.4) is 0 Å². The Balaban J connectivity index is 1.83. The van der Waals surface area contributed by atoms with Gasteiger partial charge in [-0.3, -0.25) is 4.79 Å². The largest absolute Gasteiger partial charge is 0.349 e. The molecule has 0 saturated carbocycles. The molecule has 1 aromatic carbocycles. The Morgan fingerprint density at radius 1 is 1.40 bits per heavy atom. The summed E-state index contributed by atoms with van der Waals surface area (Å²) in [6, 6.07) is 9.48. The van der Waals surface area contributed by atoms with Crippen LogP contribution < -0.4 is 5.32 Å². The van der Waals surface area contributed by atoms with Gasteiger partial charge >= 0.3 is 0 Å². The average molecular weight is 370 g/mol. The topological polar surface area (TPSA) is 44.9 Å². The lowest BCUT2D eigenvalue weighted by atomic mass is 10.2. The number of aromatic nitrogens is 1. The molecule has 0 bridgehead atoms. The maximum absolute atomic E-state index is 12.1. The van der Waals surface area contributed by atoms with Gasteiger partial charge in [-0.2, -0.15) is 0 Å². The molecule has 0 radical (unpaired) electrons. The summed E-state index contributed by atoms with van der Waals surface area (Å²) in [7, 11) is 0. The predicted molar refractivity (Wildman–Crippen MR) is 86.5 cm³/mol. The molecule has 3 aromatic rings. The molecule has 0 saturated heterocycles. The standard InChI is InChI=1S/C14H10BrClN2OS/c15-9-4-8-5-12(18-13(8)11(16)6-9)14(19)17-7-10-2-1-3-20-10/h1-6,18H,7H2,(H,17,19). The third kappa shape index (κ3) is 2.75. The fraction of sp³-hybridized carbons (Fsp3) is 0.0714. The van der Waals surface area contributed by atoms with E-state index in [4.69, 9.17) is 11.6 Å². The van der Waals surface area contributed by atoms with Crippen LogP contribution in [-0.4, -0.2) is 10.9 Å². The molecule has 3 nitrogen and oxygen atoms in total. The molecule has 3 rings (SSSR count). The third-order valence-electron chi connectivity index (χ3n) is 2.89. The number of benzene rings is 1. The second kappa shape index (κ2) is 5.60. The summed E-state index contributed by atoms with van der Waals surface area (Å²) >= 11 is 11.2. The summed E-state index contributed by atoms with van der Waals surface area (Å²) in [5.41, 5.74) is 1.28. The van der Waals surface area contributed by atoms with E-state index in [1.807, 2.05) is 23.6 Å². The Kier molecular flexibility index (Phi) is 3.83. The van der Waals surface area contributed by atoms with Gasteiger partial charge < -0.3 is 10.3 Å². The summed E-state index contributed by atoms with van der Waals surface area (Å²) in [5, 5.41) is 6.37. The van der Waals surface area contributed by atoms with Crippen molar-refractivity contribution in [2.75, 3.05) is 0 Å². The molecule has 0 fully saturated rings. The van der Waals surface area contributed by atoms with E-state index in [0.717, 1.165) is 20.3 Å². The van der Waals surface area contributed by atoms with Crippen LogP contribution in [0.25, 0.3) is 10.9 Å². The summed E-state index contributed by atoms with van der Waals surface area (Å²) < 4.78 is 0.888. The fourth-order valence-corrected chi connectivity index (χ4v) is 3.49. The van der Waals surface area contributed by atoms with Gasteiger partial charge in [0.2, 0.25) is 0 Å². The molecule has 1 amide bonds. The zero-order valence-electron chi connectivity index (χ0n) is 10.2. The Labute approximate surface area is 133 Å². The van der Waals surface area contributed by atoms with Crippen LogP contribution in [-0.2, 0) is 6.54 Å². The third-order valence-corrected chi connectivity index (χ3v) is 4.53. The molecule has 2 heterocycles. The van der Waals surface area contributed by atoms with Crippen LogP contribution >= 0.6 is 38.9 Å². The Morgan fingerprint density at radius 2 is 2.25 bits per heavy atom. The van der Waals surface area contributed by atoms with Crippen LogP contribution in [0.4, 0.5) is 0 Å². The van der Waals surface area contributed by atoms with Gasteiger partial charge in [-0.1, -0.05) is 33.6 Å². The van der Waals surface area contributed by atoms with Gasteiger partial charge in [0.1, 0.15) is 5.69 Å². The first kappa shape index (κ1) is 13.7. The number of carbonyl (C=O) groups excluding carboxylic acids is 1. The molecule has 0 aliphatic rings. The molecule has 0 spiro atoms. The van der Waals surface area contributed by atoms with Crippen molar-refractivity contribution in [1.29, 1.82) is 0 Å². The van der Waals surface area contributed by atoms with E-state index in [0.29, 0.717) is 17.3 Å². The molecule has 0 aliphatic carbocycles. The number of H-pyrrole nitrogens is 1. The number of fused-ring (bicyclic) bond motifs is 1. The van der Waals surface area contributed by atoms with Crippen molar-refractivity contribution in [3.8, 4) is 0 Å². The highest BCUT2D eigenvalue weighted by molar-refractivity contribution is 9.10. The van der Waals surface area contributed by atoms with Crippen molar-refractivity contribution in [2.24, 2.45) is 0 Å². The van der Waals surface area contributed by atoms with Crippen LogP contribution in [0.1, 0.15) is 15.4 Å². The minimum Gasteiger partial charge on any atom is -0.349 e. The molecule has 6 heteroatoms. The van der Waals surface area contributed by atoms with Gasteiger partial charge in [0.15, 0.2) is 0 Å². The number of carbonyl (C=O) groups is 1. The van der Waals surface area contributed by atoms with Crippen molar-refractivity contribution >= 4 is 55.7 Å². The summed E-state index contributed by atoms with van der Waals surface area (Å²) in [4.78, 5) is 16.3. The summed E-state index contributed by atoms with van der Waals surface area (Å²) in [6.07, 6.45) is 0. The lowest BCUT2D eigenvalue weighted by molar-refractivity contribution is 0.0947. The van der Waals surface area contributed by atoms with Crippen LogP contribution in [0, 0.1) is 0 Å². The molecule has 0 unspecified atom stereocenters. The highest BCUT2D eigenvalue weighted by atomic mass is 79.9. The quantitative estimate of drug-likeness (QED) is 0.697. The number of thiophene rings is 1. The van der Waals surface area contributed by atoms with Gasteiger partial charge in [-0.15, -0.1) is 11.3 Å². The van der Waals surface area contributed by atoms with Gasteiger partial charge in [-0.05, 0) is 29.6 Å². The fourth-order valence-electron chi connectivity index (χ4n) is 1.96. The van der Waals surface area contributed by atoms with Crippen molar-refractivity contribution in [1.82, 2.24) is 10.3 Å². The molecule has 0 atom stereocenters. The van der Waals surface area contributed by atoms with Crippen LogP contribution in [0.5, 0.6) is 0 Å². The molecule has 2 aromatic heterocycles. The number of nitrogens with one attached hydrogen (secondary N) is 2. The first-order valence-corrected chi connectivity index (χ1v) is 7.97. The Morgan fingerprint density at radius 3 is 3.00 bits per heavy atom. The highest BCUT2D eigenvalue weighted by Crippen LogP contribution is 2.28. The number of hydrogen-bond donors (Lipinski definition) is 2. The number of halogens is 2. The maximum atomic E-state index is 12.1. The Hall–Kier alpha value is -1.30. The normalized spacial score (nSPS) is 10.9. The monoisotopic (exact) mass is 368 g/mol. The average Bonchev–Trinajstić information content (AvgIpc) is 3.04. The number of amides is 1. The molecule has 20 heavy (non-hydrogen) atoms. The van der Waals surface area contributed by atoms with Crippen molar-refractivity contribution < 1.29 is 4.79 Å². The minimum absolute atomic E-state index is 0.137. The van der Waals surface area contributed by atoms with E-state index in [2.05, 4.69) is 26.2 Å². The van der Waals surface area contributed by atoms with E-state index < -0.39 is 0 Å². The van der Waals surface area contributed by atoms with Crippen LogP contribution in [0.15, 0.2) is 40.2 Å². The second-order valence-electron chi connectivity index (χ2n) is 4.30. The first-order valence-electron chi connectivity index (χ1n) is 5.92. The molecular formula is C14H10BrClN2OS. The smallest absolute Gasteiger partial charge is 0.268 e. The van der Waals surface area contributed by atoms with Crippen molar-refractivity contribution in [2.45, 2.75) is 6.54 Å². The maximum Gasteiger partial charge on any atom is 0.268 e. The zero-order valence-corrected chi connectivity index (χ0v) is 13.4. The van der Waals surface area contributed by atoms with Crippen LogP contribution in [0.2, 0.25) is 5.02 Å². The molecule has 102 valence electrons. The van der Waals surface area contributed by atoms with Gasteiger partial charge in [0.25, 0.3) is 5.91 Å². The lowest BCUT2D eigenvalue weighted by Crippen LogP contribution is -2.22. The molecule has 2 N–H and O–H groups in total. The first-order chi connectivity index (χ1) is 9.63. The van der Waals surface area contributed by atoms with Crippen molar-refractivity contribution in [3.63, 3.8) is 0 Å². The van der Waals surface area contributed by atoms with E-state index in [1.54, 1.807) is 23.5 Å². The predicted octanol–water partition coefficient (Wildman–Crippen LogP) is 4.58. The van der Waals surface area contributed by atoms with E-state index in [9.17, 15) is 4.79 Å². The number of hydrogen-bond acceptors (Lipinski definition) is 2. The lowest BCUT2D eigenvalue weighted by Gasteiger charge is -2.01. The van der Waals surface area contributed by atoms with Gasteiger partial charge in [-0.25, -0.2) is 0 Å². The van der Waals surface area contributed by atoms with E-state index in [-0.39, 0.29) is 5.91 Å². The minimum atomic E-state index is -0.137. The zero-order chi connectivity index (χ0) is 14.1. The second-order valence-corrected chi connectivity index (χ2v) is 6.65.